The highest BCUT2D eigenvalue weighted by molar-refractivity contribution is 7.91. The zero-order valence-electron chi connectivity index (χ0n) is 14.0. The molecule has 1 atom stereocenters. The van der Waals surface area contributed by atoms with E-state index in [1.165, 1.54) is 12.1 Å². The maximum atomic E-state index is 12.9. The molecule has 2 aromatic rings. The first-order valence-corrected chi connectivity index (χ1v) is 10.0. The predicted molar refractivity (Wildman–Crippen MR) is 96.0 cm³/mol. The Kier molecular flexibility index (Phi) is 5.17. The molecule has 0 aliphatic carbocycles. The number of hydrogen-bond acceptors (Lipinski definition) is 6. The van der Waals surface area contributed by atoms with Crippen LogP contribution in [0.3, 0.4) is 0 Å². The van der Waals surface area contributed by atoms with Gasteiger partial charge in [0.05, 0.1) is 11.5 Å². The smallest absolute Gasteiger partial charge is 0.224 e. The molecular formula is C17H21FN4O2S. The maximum absolute atomic E-state index is 12.9. The maximum Gasteiger partial charge on any atom is 0.224 e. The molecule has 0 bridgehead atoms. The van der Waals surface area contributed by atoms with Gasteiger partial charge in [0.25, 0.3) is 0 Å². The minimum atomic E-state index is -2.93. The normalized spacial score (nSPS) is 18.9. The van der Waals surface area contributed by atoms with Gasteiger partial charge in [-0.05, 0) is 37.5 Å². The van der Waals surface area contributed by atoms with Crippen LogP contribution in [-0.4, -0.2) is 42.5 Å². The number of benzene rings is 1. The summed E-state index contributed by atoms with van der Waals surface area (Å²) in [6.45, 7) is 2.48. The molecule has 1 aliphatic rings. The average Bonchev–Trinajstić information content (AvgIpc) is 2.87. The lowest BCUT2D eigenvalue weighted by Crippen LogP contribution is -2.22. The van der Waals surface area contributed by atoms with Crippen LogP contribution in [-0.2, 0) is 16.3 Å². The molecule has 2 heterocycles. The van der Waals surface area contributed by atoms with Crippen molar-refractivity contribution in [1.29, 1.82) is 0 Å². The van der Waals surface area contributed by atoms with Crippen LogP contribution in [0.5, 0.6) is 0 Å². The topological polar surface area (TPSA) is 84.0 Å². The largest absolute Gasteiger partial charge is 0.366 e. The van der Waals surface area contributed by atoms with Gasteiger partial charge < -0.3 is 10.6 Å². The van der Waals surface area contributed by atoms with Crippen LogP contribution in [0.2, 0.25) is 0 Å². The molecule has 0 spiro atoms. The second kappa shape index (κ2) is 7.35. The monoisotopic (exact) mass is 364 g/mol. The summed E-state index contributed by atoms with van der Waals surface area (Å²) < 4.78 is 36.0. The van der Waals surface area contributed by atoms with Crippen molar-refractivity contribution < 1.29 is 12.8 Å². The van der Waals surface area contributed by atoms with Crippen molar-refractivity contribution in [3.05, 3.63) is 47.4 Å². The average molecular weight is 364 g/mol. The highest BCUT2D eigenvalue weighted by Crippen LogP contribution is 2.17. The SMILES string of the molecule is Cc1cc(NC2CCS(=O)(=O)C2)nc(NCCc2ccc(F)cc2)n1. The summed E-state index contributed by atoms with van der Waals surface area (Å²) >= 11 is 0. The summed E-state index contributed by atoms with van der Waals surface area (Å²) in [6, 6.07) is 8.08. The third kappa shape index (κ3) is 5.12. The first-order valence-electron chi connectivity index (χ1n) is 8.21. The number of nitrogens with zero attached hydrogens (tertiary/aromatic N) is 2. The van der Waals surface area contributed by atoms with Gasteiger partial charge in [-0.3, -0.25) is 0 Å². The van der Waals surface area contributed by atoms with E-state index in [0.29, 0.717) is 24.7 Å². The number of anilines is 2. The molecule has 0 amide bonds. The minimum Gasteiger partial charge on any atom is -0.366 e. The molecule has 0 saturated carbocycles. The Bertz CT molecular complexity index is 840. The lowest BCUT2D eigenvalue weighted by Gasteiger charge is -2.13. The predicted octanol–water partition coefficient (Wildman–Crippen LogP) is 2.18. The lowest BCUT2D eigenvalue weighted by atomic mass is 10.1. The Hall–Kier alpha value is -2.22. The van der Waals surface area contributed by atoms with Crippen LogP contribution in [0.1, 0.15) is 17.7 Å². The van der Waals surface area contributed by atoms with E-state index in [0.717, 1.165) is 17.7 Å². The number of halogens is 1. The standard InChI is InChI=1S/C17H21FN4O2S/c1-12-10-16(21-15-7-9-25(23,24)11-15)22-17(20-12)19-8-6-13-2-4-14(18)5-3-13/h2-5,10,15H,6-9,11H2,1H3,(H2,19,20,21,22). The van der Waals surface area contributed by atoms with Crippen molar-refractivity contribution in [2.75, 3.05) is 28.7 Å². The van der Waals surface area contributed by atoms with Crippen LogP contribution < -0.4 is 10.6 Å². The fraction of sp³-hybridized carbons (Fsp3) is 0.412. The van der Waals surface area contributed by atoms with E-state index in [9.17, 15) is 12.8 Å². The lowest BCUT2D eigenvalue weighted by molar-refractivity contribution is 0.602. The molecule has 1 fully saturated rings. The Balaban J connectivity index is 1.58. The Morgan fingerprint density at radius 1 is 1.24 bits per heavy atom. The molecule has 134 valence electrons. The van der Waals surface area contributed by atoms with Gasteiger partial charge in [-0.15, -0.1) is 0 Å². The zero-order chi connectivity index (χ0) is 17.9. The molecule has 3 rings (SSSR count). The van der Waals surface area contributed by atoms with Gasteiger partial charge in [-0.2, -0.15) is 4.98 Å². The van der Waals surface area contributed by atoms with Gasteiger partial charge in [0.1, 0.15) is 11.6 Å². The summed E-state index contributed by atoms with van der Waals surface area (Å²) in [4.78, 5) is 8.74. The van der Waals surface area contributed by atoms with E-state index in [1.807, 2.05) is 6.92 Å². The number of nitrogens with one attached hydrogen (secondary N) is 2. The summed E-state index contributed by atoms with van der Waals surface area (Å²) in [5.41, 5.74) is 1.82. The molecule has 8 heteroatoms. The van der Waals surface area contributed by atoms with Gasteiger partial charge >= 0.3 is 0 Å². The van der Waals surface area contributed by atoms with Crippen molar-refractivity contribution in [3.63, 3.8) is 0 Å². The van der Waals surface area contributed by atoms with E-state index < -0.39 is 9.84 Å². The summed E-state index contributed by atoms with van der Waals surface area (Å²) in [5.74, 6) is 1.23. The first kappa shape index (κ1) is 17.6. The van der Waals surface area contributed by atoms with Crippen molar-refractivity contribution in [3.8, 4) is 0 Å². The molecule has 1 aliphatic heterocycles. The van der Waals surface area contributed by atoms with E-state index in [-0.39, 0.29) is 23.4 Å². The number of hydrogen-bond donors (Lipinski definition) is 2. The molecule has 1 unspecified atom stereocenters. The van der Waals surface area contributed by atoms with Gasteiger partial charge in [0.2, 0.25) is 5.95 Å². The molecule has 6 nitrogen and oxygen atoms in total. The van der Waals surface area contributed by atoms with E-state index in [4.69, 9.17) is 0 Å². The zero-order valence-corrected chi connectivity index (χ0v) is 14.8. The molecular weight excluding hydrogens is 343 g/mol. The van der Waals surface area contributed by atoms with E-state index >= 15 is 0 Å². The Labute approximate surface area is 146 Å². The van der Waals surface area contributed by atoms with Crippen molar-refractivity contribution in [2.24, 2.45) is 0 Å². The van der Waals surface area contributed by atoms with Crippen molar-refractivity contribution in [2.45, 2.75) is 25.8 Å². The van der Waals surface area contributed by atoms with E-state index in [2.05, 4.69) is 20.6 Å². The summed E-state index contributed by atoms with van der Waals surface area (Å²) in [5, 5.41) is 6.34. The van der Waals surface area contributed by atoms with Crippen LogP contribution in [0, 0.1) is 12.7 Å². The molecule has 1 saturated heterocycles. The second-order valence-electron chi connectivity index (χ2n) is 6.27. The highest BCUT2D eigenvalue weighted by Gasteiger charge is 2.28. The van der Waals surface area contributed by atoms with Crippen LogP contribution >= 0.6 is 0 Å². The van der Waals surface area contributed by atoms with Gasteiger partial charge in [0.15, 0.2) is 9.84 Å². The fourth-order valence-corrected chi connectivity index (χ4v) is 4.48. The number of rotatable bonds is 6. The van der Waals surface area contributed by atoms with Crippen LogP contribution in [0.15, 0.2) is 30.3 Å². The second-order valence-corrected chi connectivity index (χ2v) is 8.49. The molecule has 1 aromatic carbocycles. The number of aryl methyl sites for hydroxylation is 1. The molecule has 2 N–H and O–H groups in total. The number of aromatic nitrogens is 2. The van der Waals surface area contributed by atoms with E-state index in [1.54, 1.807) is 18.2 Å². The van der Waals surface area contributed by atoms with Crippen molar-refractivity contribution >= 4 is 21.6 Å². The Morgan fingerprint density at radius 2 is 2.00 bits per heavy atom. The van der Waals surface area contributed by atoms with Gasteiger partial charge in [-0.25, -0.2) is 17.8 Å². The third-order valence-electron chi connectivity index (χ3n) is 4.05. The highest BCUT2D eigenvalue weighted by atomic mass is 32.2. The first-order chi connectivity index (χ1) is 11.9. The third-order valence-corrected chi connectivity index (χ3v) is 5.82. The van der Waals surface area contributed by atoms with Crippen LogP contribution in [0.25, 0.3) is 0 Å². The minimum absolute atomic E-state index is 0.105. The molecule has 1 aromatic heterocycles. The van der Waals surface area contributed by atoms with Gasteiger partial charge in [0, 0.05) is 24.3 Å². The number of sulfone groups is 1. The Morgan fingerprint density at radius 3 is 2.68 bits per heavy atom. The van der Waals surface area contributed by atoms with Gasteiger partial charge in [-0.1, -0.05) is 12.1 Å². The quantitative estimate of drug-likeness (QED) is 0.817. The molecule has 0 radical (unpaired) electrons. The van der Waals surface area contributed by atoms with Crippen LogP contribution in [0.4, 0.5) is 16.2 Å². The summed E-state index contributed by atoms with van der Waals surface area (Å²) in [7, 11) is -2.93. The molecule has 25 heavy (non-hydrogen) atoms. The fourth-order valence-electron chi connectivity index (χ4n) is 2.81. The summed E-state index contributed by atoms with van der Waals surface area (Å²) in [6.07, 6.45) is 1.32. The van der Waals surface area contributed by atoms with Crippen molar-refractivity contribution in [1.82, 2.24) is 9.97 Å².